The molecule has 34 heavy (non-hydrogen) atoms. The summed E-state index contributed by atoms with van der Waals surface area (Å²) in [6.45, 7) is 3.78. The second-order valence-corrected chi connectivity index (χ2v) is 9.89. The van der Waals surface area contributed by atoms with Crippen LogP contribution in [0.5, 0.6) is 0 Å². The van der Waals surface area contributed by atoms with Crippen LogP contribution < -0.4 is 10.0 Å². The predicted molar refractivity (Wildman–Crippen MR) is 127 cm³/mol. The first-order chi connectivity index (χ1) is 16.2. The number of benzene rings is 2. The number of pyridine rings is 1. The fourth-order valence-electron chi connectivity index (χ4n) is 3.41. The summed E-state index contributed by atoms with van der Waals surface area (Å²) < 4.78 is 28.5. The standard InChI is InChI=1S/C24H24N6O3S/c1-24(2,22-16-27-30-28-22)29-34(32,33)20-11-9-18(10-12-20)19-7-5-6-17(14-19)15-26-23(31)21-8-3-4-13-25-21/h3-14,16,29H,15H2,1-2H3,(H,26,31)(H,27,28,30). The Balaban J connectivity index is 1.46. The lowest BCUT2D eigenvalue weighted by Crippen LogP contribution is -2.41. The van der Waals surface area contributed by atoms with Gasteiger partial charge in [0.15, 0.2) is 0 Å². The fourth-order valence-corrected chi connectivity index (χ4v) is 4.80. The van der Waals surface area contributed by atoms with Gasteiger partial charge < -0.3 is 5.32 Å². The van der Waals surface area contributed by atoms with E-state index in [2.05, 4.69) is 30.4 Å². The smallest absolute Gasteiger partial charge is 0.270 e. The van der Waals surface area contributed by atoms with Crippen LogP contribution in [-0.2, 0) is 22.1 Å². The van der Waals surface area contributed by atoms with Gasteiger partial charge in [-0.3, -0.25) is 9.78 Å². The Morgan fingerprint density at radius 1 is 1.00 bits per heavy atom. The van der Waals surface area contributed by atoms with Crippen molar-refractivity contribution in [3.8, 4) is 11.1 Å². The highest BCUT2D eigenvalue weighted by molar-refractivity contribution is 7.89. The molecule has 0 aliphatic heterocycles. The number of sulfonamides is 1. The molecule has 1 amide bonds. The van der Waals surface area contributed by atoms with Crippen molar-refractivity contribution in [2.24, 2.45) is 0 Å². The molecule has 0 aliphatic carbocycles. The van der Waals surface area contributed by atoms with E-state index in [-0.39, 0.29) is 10.8 Å². The third-order valence-corrected chi connectivity index (χ3v) is 6.89. The van der Waals surface area contributed by atoms with E-state index in [1.54, 1.807) is 62.5 Å². The lowest BCUT2D eigenvalue weighted by molar-refractivity contribution is 0.0946. The van der Waals surface area contributed by atoms with Crippen LogP contribution in [-0.4, -0.2) is 34.7 Å². The van der Waals surface area contributed by atoms with E-state index in [4.69, 9.17) is 0 Å². The first-order valence-electron chi connectivity index (χ1n) is 10.5. The number of aromatic amines is 1. The van der Waals surface area contributed by atoms with Gasteiger partial charge in [-0.25, -0.2) is 8.42 Å². The van der Waals surface area contributed by atoms with E-state index < -0.39 is 15.6 Å². The number of hydrogen-bond donors (Lipinski definition) is 3. The minimum Gasteiger partial charge on any atom is -0.347 e. The summed E-state index contributed by atoms with van der Waals surface area (Å²) in [5.74, 6) is -0.249. The summed E-state index contributed by atoms with van der Waals surface area (Å²) in [4.78, 5) is 16.4. The van der Waals surface area contributed by atoms with Gasteiger partial charge in [0, 0.05) is 12.7 Å². The number of nitrogens with zero attached hydrogens (tertiary/aromatic N) is 3. The van der Waals surface area contributed by atoms with Crippen LogP contribution in [0.3, 0.4) is 0 Å². The Labute approximate surface area is 197 Å². The summed E-state index contributed by atoms with van der Waals surface area (Å²) in [7, 11) is -3.78. The molecule has 0 bridgehead atoms. The van der Waals surface area contributed by atoms with Crippen molar-refractivity contribution < 1.29 is 13.2 Å². The molecule has 4 rings (SSSR count). The molecule has 0 saturated heterocycles. The lowest BCUT2D eigenvalue weighted by Gasteiger charge is -2.23. The van der Waals surface area contributed by atoms with Crippen molar-refractivity contribution in [2.45, 2.75) is 30.8 Å². The van der Waals surface area contributed by atoms with E-state index in [1.807, 2.05) is 24.3 Å². The van der Waals surface area contributed by atoms with Gasteiger partial charge in [0.1, 0.15) is 11.4 Å². The maximum Gasteiger partial charge on any atom is 0.270 e. The number of hydrogen-bond acceptors (Lipinski definition) is 6. The molecule has 0 saturated carbocycles. The summed E-state index contributed by atoms with van der Waals surface area (Å²) >= 11 is 0. The molecule has 0 aliphatic rings. The van der Waals surface area contributed by atoms with Crippen LogP contribution in [0, 0.1) is 0 Å². The molecule has 9 nitrogen and oxygen atoms in total. The molecule has 2 heterocycles. The number of carbonyl (C=O) groups excluding carboxylic acids is 1. The summed E-state index contributed by atoms with van der Waals surface area (Å²) in [5.41, 5.74) is 2.58. The van der Waals surface area contributed by atoms with Crippen LogP contribution in [0.1, 0.15) is 35.6 Å². The third-order valence-electron chi connectivity index (χ3n) is 5.22. The number of carbonyl (C=O) groups is 1. The molecule has 0 fully saturated rings. The van der Waals surface area contributed by atoms with E-state index in [0.29, 0.717) is 17.9 Å². The number of H-pyrrole nitrogens is 1. The van der Waals surface area contributed by atoms with Crippen LogP contribution in [0.15, 0.2) is 84.0 Å². The summed E-state index contributed by atoms with van der Waals surface area (Å²) in [6, 6.07) is 19.5. The van der Waals surface area contributed by atoms with E-state index >= 15 is 0 Å². The molecule has 0 atom stereocenters. The van der Waals surface area contributed by atoms with Crippen molar-refractivity contribution >= 4 is 15.9 Å². The zero-order valence-corrected chi connectivity index (χ0v) is 19.5. The maximum atomic E-state index is 12.9. The normalized spacial score (nSPS) is 11.8. The minimum absolute atomic E-state index is 0.145. The highest BCUT2D eigenvalue weighted by Crippen LogP contribution is 2.25. The van der Waals surface area contributed by atoms with E-state index in [1.165, 1.54) is 6.20 Å². The molecule has 2 aromatic heterocycles. The molecular formula is C24H24N6O3S. The first kappa shape index (κ1) is 23.3. The average Bonchev–Trinajstić information content (AvgIpc) is 3.39. The Bertz CT molecular complexity index is 1370. The number of rotatable bonds is 8. The fraction of sp³-hybridized carbons (Fsp3) is 0.167. The zero-order chi connectivity index (χ0) is 24.2. The van der Waals surface area contributed by atoms with Crippen LogP contribution in [0.25, 0.3) is 11.1 Å². The minimum atomic E-state index is -3.78. The highest BCUT2D eigenvalue weighted by Gasteiger charge is 2.30. The lowest BCUT2D eigenvalue weighted by atomic mass is 10.0. The average molecular weight is 477 g/mol. The summed E-state index contributed by atoms with van der Waals surface area (Å²) in [5, 5.41) is 13.1. The van der Waals surface area contributed by atoms with Gasteiger partial charge in [-0.05, 0) is 60.9 Å². The van der Waals surface area contributed by atoms with Gasteiger partial charge in [0.2, 0.25) is 10.0 Å². The largest absolute Gasteiger partial charge is 0.347 e. The number of aromatic nitrogens is 4. The van der Waals surface area contributed by atoms with Gasteiger partial charge >= 0.3 is 0 Å². The van der Waals surface area contributed by atoms with Crippen molar-refractivity contribution in [1.29, 1.82) is 0 Å². The summed E-state index contributed by atoms with van der Waals surface area (Å²) in [6.07, 6.45) is 3.06. The first-order valence-corrected chi connectivity index (χ1v) is 12.0. The topological polar surface area (TPSA) is 130 Å². The number of amides is 1. The van der Waals surface area contributed by atoms with Crippen LogP contribution in [0.2, 0.25) is 0 Å². The zero-order valence-electron chi connectivity index (χ0n) is 18.7. The van der Waals surface area contributed by atoms with E-state index in [0.717, 1.165) is 16.7 Å². The van der Waals surface area contributed by atoms with Gasteiger partial charge in [0.25, 0.3) is 5.91 Å². The Morgan fingerprint density at radius 3 is 2.47 bits per heavy atom. The van der Waals surface area contributed by atoms with Gasteiger partial charge in [-0.2, -0.15) is 20.1 Å². The van der Waals surface area contributed by atoms with Crippen LogP contribution >= 0.6 is 0 Å². The Kier molecular flexibility index (Phi) is 6.53. The molecule has 174 valence electrons. The van der Waals surface area contributed by atoms with Gasteiger partial charge in [0.05, 0.1) is 16.6 Å². The molecule has 4 aromatic rings. The number of nitrogens with one attached hydrogen (secondary N) is 3. The third kappa shape index (κ3) is 5.36. The van der Waals surface area contributed by atoms with Gasteiger partial charge in [-0.1, -0.05) is 36.4 Å². The maximum absolute atomic E-state index is 12.9. The molecule has 2 aromatic carbocycles. The monoisotopic (exact) mass is 476 g/mol. The quantitative estimate of drug-likeness (QED) is 0.358. The van der Waals surface area contributed by atoms with Crippen molar-refractivity contribution in [2.75, 3.05) is 0 Å². The SMILES string of the molecule is CC(C)(NS(=O)(=O)c1ccc(-c2cccc(CNC(=O)c3ccccn3)c2)cc1)c1cn[nH]n1. The molecule has 3 N–H and O–H groups in total. The van der Waals surface area contributed by atoms with Gasteiger partial charge in [-0.15, -0.1) is 0 Å². The predicted octanol–water partition coefficient (Wildman–Crippen LogP) is 3.01. The van der Waals surface area contributed by atoms with Crippen molar-refractivity contribution in [1.82, 2.24) is 30.4 Å². The van der Waals surface area contributed by atoms with Crippen LogP contribution in [0.4, 0.5) is 0 Å². The van der Waals surface area contributed by atoms with E-state index in [9.17, 15) is 13.2 Å². The second-order valence-electron chi connectivity index (χ2n) is 8.21. The molecular weight excluding hydrogens is 452 g/mol. The molecule has 0 spiro atoms. The molecule has 10 heteroatoms. The highest BCUT2D eigenvalue weighted by atomic mass is 32.2. The molecule has 0 radical (unpaired) electrons. The van der Waals surface area contributed by atoms with Crippen molar-refractivity contribution in [3.05, 3.63) is 96.1 Å². The second kappa shape index (κ2) is 9.54. The molecule has 0 unspecified atom stereocenters. The Morgan fingerprint density at radius 2 is 1.79 bits per heavy atom. The Hall–Kier alpha value is -3.89. The van der Waals surface area contributed by atoms with Crippen molar-refractivity contribution in [3.63, 3.8) is 0 Å².